The monoisotopic (exact) mass is 551 g/mol. The smallest absolute Gasteiger partial charge is 0.269 e. The predicted molar refractivity (Wildman–Crippen MR) is 151 cm³/mol. The number of hydrogen-bond acceptors (Lipinski definition) is 9. The standard InChI is InChI=1S/C29H29N9O3/c1-37-35-27(34-36-37)26(19-7-3-2-4-8-19)31-14-15-32-28(40)23-17-20(12-13-30-23)29-33-22-18-21(10-11-24(22)41-29)38-16-6-5-9-25(38)39/h2-4,7-8,10-13,17-18,26,31H,5-6,9,14-16H2,1H3,(H,32,40). The topological polar surface area (TPSA) is 144 Å². The number of tetrazole rings is 1. The van der Waals surface area contributed by atoms with Crippen LogP contribution >= 0.6 is 0 Å². The van der Waals surface area contributed by atoms with Gasteiger partial charge in [-0.25, -0.2) is 4.98 Å². The molecule has 12 heteroatoms. The highest BCUT2D eigenvalue weighted by molar-refractivity contribution is 5.96. The molecule has 208 valence electrons. The van der Waals surface area contributed by atoms with Gasteiger partial charge in [-0.1, -0.05) is 30.3 Å². The molecular formula is C29H29N9O3. The molecule has 4 heterocycles. The van der Waals surface area contributed by atoms with Crippen LogP contribution in [-0.2, 0) is 11.8 Å². The summed E-state index contributed by atoms with van der Waals surface area (Å²) in [7, 11) is 1.72. The lowest BCUT2D eigenvalue weighted by molar-refractivity contribution is -0.119. The molecule has 0 aliphatic carbocycles. The molecule has 1 unspecified atom stereocenters. The van der Waals surface area contributed by atoms with E-state index in [2.05, 4.69) is 36.0 Å². The van der Waals surface area contributed by atoms with Gasteiger partial charge in [0.15, 0.2) is 11.4 Å². The molecule has 0 bridgehead atoms. The zero-order valence-electron chi connectivity index (χ0n) is 22.5. The number of aryl methyl sites for hydroxylation is 1. The van der Waals surface area contributed by atoms with Crippen LogP contribution in [0, 0.1) is 0 Å². The zero-order valence-corrected chi connectivity index (χ0v) is 22.5. The van der Waals surface area contributed by atoms with E-state index in [4.69, 9.17) is 4.42 Å². The molecule has 1 atom stereocenters. The van der Waals surface area contributed by atoms with Gasteiger partial charge in [0.05, 0.1) is 13.1 Å². The van der Waals surface area contributed by atoms with E-state index < -0.39 is 0 Å². The van der Waals surface area contributed by atoms with E-state index in [-0.39, 0.29) is 23.6 Å². The van der Waals surface area contributed by atoms with Gasteiger partial charge in [-0.15, -0.1) is 10.2 Å². The number of amides is 2. The molecule has 2 N–H and O–H groups in total. The Bertz CT molecular complexity index is 1680. The van der Waals surface area contributed by atoms with Crippen molar-refractivity contribution in [3.05, 3.63) is 83.9 Å². The first-order valence-corrected chi connectivity index (χ1v) is 13.5. The first kappa shape index (κ1) is 26.3. The van der Waals surface area contributed by atoms with Crippen LogP contribution in [0.5, 0.6) is 0 Å². The number of rotatable bonds is 9. The molecule has 6 rings (SSSR count). The van der Waals surface area contributed by atoms with Crippen molar-refractivity contribution in [2.45, 2.75) is 25.3 Å². The maximum Gasteiger partial charge on any atom is 0.269 e. The summed E-state index contributed by atoms with van der Waals surface area (Å²) in [6, 6.07) is 18.5. The number of piperidine rings is 1. The first-order valence-electron chi connectivity index (χ1n) is 13.5. The minimum absolute atomic E-state index is 0.125. The summed E-state index contributed by atoms with van der Waals surface area (Å²) >= 11 is 0. The molecule has 1 saturated heterocycles. The highest BCUT2D eigenvalue weighted by atomic mass is 16.3. The molecule has 1 aliphatic heterocycles. The fourth-order valence-electron chi connectivity index (χ4n) is 4.87. The van der Waals surface area contributed by atoms with Crippen LogP contribution in [0.2, 0.25) is 0 Å². The number of nitrogens with zero attached hydrogens (tertiary/aromatic N) is 7. The van der Waals surface area contributed by atoms with Crippen LogP contribution < -0.4 is 15.5 Å². The second-order valence-corrected chi connectivity index (χ2v) is 9.79. The maximum absolute atomic E-state index is 12.9. The molecule has 5 aromatic rings. The number of hydrogen-bond donors (Lipinski definition) is 2. The molecule has 2 aromatic carbocycles. The Hall–Kier alpha value is -4.97. The Morgan fingerprint density at radius 1 is 1.07 bits per heavy atom. The van der Waals surface area contributed by atoms with Crippen molar-refractivity contribution < 1.29 is 14.0 Å². The lowest BCUT2D eigenvalue weighted by Gasteiger charge is -2.26. The van der Waals surface area contributed by atoms with E-state index in [1.54, 1.807) is 30.3 Å². The van der Waals surface area contributed by atoms with Gasteiger partial charge in [0.1, 0.15) is 11.2 Å². The van der Waals surface area contributed by atoms with E-state index in [1.807, 2.05) is 48.5 Å². The summed E-state index contributed by atoms with van der Waals surface area (Å²) in [5.74, 6) is 0.736. The summed E-state index contributed by atoms with van der Waals surface area (Å²) in [4.78, 5) is 37.3. The molecule has 1 aliphatic rings. The van der Waals surface area contributed by atoms with Crippen molar-refractivity contribution in [2.75, 3.05) is 24.5 Å². The molecule has 0 saturated carbocycles. The van der Waals surface area contributed by atoms with Crippen LogP contribution in [0.3, 0.4) is 0 Å². The van der Waals surface area contributed by atoms with Crippen molar-refractivity contribution in [1.29, 1.82) is 0 Å². The normalized spacial score (nSPS) is 14.4. The van der Waals surface area contributed by atoms with E-state index in [0.717, 1.165) is 24.1 Å². The van der Waals surface area contributed by atoms with Crippen LogP contribution in [0.25, 0.3) is 22.6 Å². The lowest BCUT2D eigenvalue weighted by atomic mass is 10.1. The Morgan fingerprint density at radius 2 is 1.95 bits per heavy atom. The average Bonchev–Trinajstić information content (AvgIpc) is 3.63. The fourth-order valence-corrected chi connectivity index (χ4v) is 4.87. The minimum Gasteiger partial charge on any atom is -0.436 e. The van der Waals surface area contributed by atoms with Crippen molar-refractivity contribution in [3.8, 4) is 11.5 Å². The molecule has 12 nitrogen and oxygen atoms in total. The Kier molecular flexibility index (Phi) is 7.46. The van der Waals surface area contributed by atoms with E-state index in [9.17, 15) is 9.59 Å². The first-order chi connectivity index (χ1) is 20.0. The number of pyridine rings is 1. The third kappa shape index (κ3) is 5.82. The fraction of sp³-hybridized carbons (Fsp3) is 0.276. The Balaban J connectivity index is 1.11. The SMILES string of the molecule is Cn1nnc(C(NCCNC(=O)c2cc(-c3nc4cc(N5CCCCC5=O)ccc4o3)ccn2)c2ccccc2)n1. The van der Waals surface area contributed by atoms with Gasteiger partial charge in [-0.3, -0.25) is 14.6 Å². The third-order valence-electron chi connectivity index (χ3n) is 6.92. The molecule has 0 radical (unpaired) electrons. The summed E-state index contributed by atoms with van der Waals surface area (Å²) in [5.41, 5.74) is 3.94. The number of carbonyl (C=O) groups excluding carboxylic acids is 2. The molecule has 2 amide bonds. The quantitative estimate of drug-likeness (QED) is 0.264. The number of benzene rings is 2. The van der Waals surface area contributed by atoms with Gasteiger partial charge in [0, 0.05) is 43.5 Å². The van der Waals surface area contributed by atoms with Crippen molar-refractivity contribution in [3.63, 3.8) is 0 Å². The van der Waals surface area contributed by atoms with Gasteiger partial charge in [-0.05, 0) is 54.0 Å². The Morgan fingerprint density at radius 3 is 2.76 bits per heavy atom. The highest BCUT2D eigenvalue weighted by Gasteiger charge is 2.21. The van der Waals surface area contributed by atoms with Gasteiger partial charge < -0.3 is 20.0 Å². The van der Waals surface area contributed by atoms with E-state index in [0.29, 0.717) is 54.4 Å². The number of oxazole rings is 1. The van der Waals surface area contributed by atoms with Gasteiger partial charge in [-0.2, -0.15) is 4.80 Å². The summed E-state index contributed by atoms with van der Waals surface area (Å²) in [6.45, 7) is 1.53. The number of anilines is 1. The highest BCUT2D eigenvalue weighted by Crippen LogP contribution is 2.29. The molecule has 3 aromatic heterocycles. The van der Waals surface area contributed by atoms with E-state index >= 15 is 0 Å². The van der Waals surface area contributed by atoms with Crippen molar-refractivity contribution in [1.82, 2.24) is 40.8 Å². The minimum atomic E-state index is -0.315. The second kappa shape index (κ2) is 11.6. The lowest BCUT2D eigenvalue weighted by Crippen LogP contribution is -2.35. The van der Waals surface area contributed by atoms with Gasteiger partial charge in [0.2, 0.25) is 11.8 Å². The van der Waals surface area contributed by atoms with Crippen LogP contribution in [0.15, 0.2) is 71.3 Å². The number of aromatic nitrogens is 6. The number of nitrogens with one attached hydrogen (secondary N) is 2. The maximum atomic E-state index is 12.9. The average molecular weight is 552 g/mol. The van der Waals surface area contributed by atoms with Crippen LogP contribution in [-0.4, -0.2) is 61.6 Å². The Labute approximate surface area is 235 Å². The summed E-state index contributed by atoms with van der Waals surface area (Å²) in [5, 5.41) is 18.7. The van der Waals surface area contributed by atoms with Crippen molar-refractivity contribution >= 4 is 28.6 Å². The van der Waals surface area contributed by atoms with Gasteiger partial charge in [0.25, 0.3) is 5.91 Å². The van der Waals surface area contributed by atoms with E-state index in [1.165, 1.54) is 4.80 Å². The van der Waals surface area contributed by atoms with Crippen molar-refractivity contribution in [2.24, 2.45) is 7.05 Å². The largest absolute Gasteiger partial charge is 0.436 e. The predicted octanol–water partition coefficient (Wildman–Crippen LogP) is 3.04. The van der Waals surface area contributed by atoms with Crippen LogP contribution in [0.4, 0.5) is 5.69 Å². The molecule has 1 fully saturated rings. The zero-order chi connectivity index (χ0) is 28.2. The van der Waals surface area contributed by atoms with Gasteiger partial charge >= 0.3 is 0 Å². The molecular weight excluding hydrogens is 522 g/mol. The second-order valence-electron chi connectivity index (χ2n) is 9.79. The third-order valence-corrected chi connectivity index (χ3v) is 6.92. The number of carbonyl (C=O) groups is 2. The number of fused-ring (bicyclic) bond motifs is 1. The van der Waals surface area contributed by atoms with Crippen LogP contribution in [0.1, 0.15) is 47.2 Å². The molecule has 0 spiro atoms. The summed E-state index contributed by atoms with van der Waals surface area (Å²) < 4.78 is 5.97. The molecule has 41 heavy (non-hydrogen) atoms. The summed E-state index contributed by atoms with van der Waals surface area (Å²) in [6.07, 6.45) is 4.03.